The zero-order valence-corrected chi connectivity index (χ0v) is 10.7. The summed E-state index contributed by atoms with van der Waals surface area (Å²) in [6.45, 7) is 7.84. The molecule has 1 heterocycles. The SMILES string of the molecule is CC(C)C(C)(C)CNc1c(F)c(F)nc(F)c1F. The first-order valence-electron chi connectivity index (χ1n) is 5.60. The van der Waals surface area contributed by atoms with E-state index in [0.717, 1.165) is 0 Å². The number of hydrogen-bond acceptors (Lipinski definition) is 2. The number of halogens is 4. The summed E-state index contributed by atoms with van der Waals surface area (Å²) >= 11 is 0. The van der Waals surface area contributed by atoms with E-state index < -0.39 is 29.2 Å². The van der Waals surface area contributed by atoms with Crippen molar-refractivity contribution in [2.45, 2.75) is 27.7 Å². The summed E-state index contributed by atoms with van der Waals surface area (Å²) in [7, 11) is 0. The van der Waals surface area contributed by atoms with E-state index in [1.54, 1.807) is 0 Å². The topological polar surface area (TPSA) is 24.9 Å². The minimum absolute atomic E-state index is 0.182. The van der Waals surface area contributed by atoms with Crippen LogP contribution in [0.3, 0.4) is 0 Å². The summed E-state index contributed by atoms with van der Waals surface area (Å²) < 4.78 is 52.4. The Morgan fingerprint density at radius 2 is 1.50 bits per heavy atom. The fourth-order valence-electron chi connectivity index (χ4n) is 1.16. The minimum atomic E-state index is -1.65. The Hall–Kier alpha value is -1.33. The van der Waals surface area contributed by atoms with Gasteiger partial charge in [0.05, 0.1) is 0 Å². The van der Waals surface area contributed by atoms with Gasteiger partial charge in [-0.15, -0.1) is 0 Å². The molecule has 0 saturated heterocycles. The van der Waals surface area contributed by atoms with Crippen LogP contribution >= 0.6 is 0 Å². The highest BCUT2D eigenvalue weighted by molar-refractivity contribution is 5.45. The predicted molar refractivity (Wildman–Crippen MR) is 61.2 cm³/mol. The van der Waals surface area contributed by atoms with Gasteiger partial charge >= 0.3 is 0 Å². The minimum Gasteiger partial charge on any atom is -0.379 e. The second-order valence-electron chi connectivity index (χ2n) is 5.19. The maximum absolute atomic E-state index is 13.3. The van der Waals surface area contributed by atoms with Crippen molar-refractivity contribution in [1.82, 2.24) is 4.98 Å². The highest BCUT2D eigenvalue weighted by atomic mass is 19.2. The van der Waals surface area contributed by atoms with Crippen LogP contribution in [-0.4, -0.2) is 11.5 Å². The van der Waals surface area contributed by atoms with Gasteiger partial charge in [0, 0.05) is 6.54 Å². The molecule has 0 aromatic carbocycles. The van der Waals surface area contributed by atoms with Gasteiger partial charge in [0.15, 0.2) is 0 Å². The van der Waals surface area contributed by atoms with E-state index in [-0.39, 0.29) is 17.9 Å². The molecule has 0 aliphatic heterocycles. The third-order valence-corrected chi connectivity index (χ3v) is 3.28. The summed E-state index contributed by atoms with van der Waals surface area (Å²) in [4.78, 5) is 2.49. The Kier molecular flexibility index (Phi) is 4.19. The molecule has 102 valence electrons. The number of anilines is 1. The number of aromatic nitrogens is 1. The van der Waals surface area contributed by atoms with E-state index >= 15 is 0 Å². The molecule has 0 unspecified atom stereocenters. The van der Waals surface area contributed by atoms with Gasteiger partial charge in [-0.2, -0.15) is 22.5 Å². The average molecular weight is 264 g/mol. The quantitative estimate of drug-likeness (QED) is 0.662. The number of rotatable bonds is 4. The van der Waals surface area contributed by atoms with Crippen LogP contribution in [0.5, 0.6) is 0 Å². The summed E-state index contributed by atoms with van der Waals surface area (Å²) in [5.41, 5.74) is -1.09. The van der Waals surface area contributed by atoms with Crippen LogP contribution in [0.2, 0.25) is 0 Å². The molecule has 0 fully saturated rings. The van der Waals surface area contributed by atoms with Gasteiger partial charge in [0.1, 0.15) is 5.69 Å². The Labute approximate surface area is 103 Å². The molecule has 0 saturated carbocycles. The second kappa shape index (κ2) is 5.12. The Morgan fingerprint density at radius 3 is 1.89 bits per heavy atom. The zero-order chi connectivity index (χ0) is 14.1. The van der Waals surface area contributed by atoms with Crippen LogP contribution in [0.25, 0.3) is 0 Å². The molecule has 18 heavy (non-hydrogen) atoms. The maximum atomic E-state index is 13.3. The van der Waals surface area contributed by atoms with Crippen molar-refractivity contribution >= 4 is 5.69 Å². The molecule has 1 aromatic heterocycles. The smallest absolute Gasteiger partial charge is 0.253 e. The largest absolute Gasteiger partial charge is 0.379 e. The van der Waals surface area contributed by atoms with Gasteiger partial charge in [-0.3, -0.25) is 0 Å². The van der Waals surface area contributed by atoms with E-state index in [1.807, 2.05) is 27.7 Å². The number of hydrogen-bond donors (Lipinski definition) is 1. The van der Waals surface area contributed by atoms with E-state index in [9.17, 15) is 17.6 Å². The van der Waals surface area contributed by atoms with E-state index in [0.29, 0.717) is 0 Å². The van der Waals surface area contributed by atoms with Crippen LogP contribution in [0.4, 0.5) is 23.2 Å². The first kappa shape index (κ1) is 14.7. The maximum Gasteiger partial charge on any atom is 0.253 e. The van der Waals surface area contributed by atoms with Gasteiger partial charge in [-0.25, -0.2) is 0 Å². The molecule has 0 atom stereocenters. The molecule has 1 aromatic rings. The van der Waals surface area contributed by atoms with Crippen LogP contribution in [0, 0.1) is 34.9 Å². The van der Waals surface area contributed by atoms with Gasteiger partial charge in [0.25, 0.3) is 11.9 Å². The second-order valence-corrected chi connectivity index (χ2v) is 5.19. The molecule has 0 aliphatic rings. The molecule has 0 aliphatic carbocycles. The van der Waals surface area contributed by atoms with Gasteiger partial charge in [0.2, 0.25) is 11.6 Å². The van der Waals surface area contributed by atoms with Crippen molar-refractivity contribution in [2.75, 3.05) is 11.9 Å². The molecule has 0 bridgehead atoms. The molecular formula is C12H16F4N2. The molecular weight excluding hydrogens is 248 g/mol. The summed E-state index contributed by atoms with van der Waals surface area (Å²) in [6, 6.07) is 0. The number of nitrogens with zero attached hydrogens (tertiary/aromatic N) is 1. The van der Waals surface area contributed by atoms with Crippen LogP contribution in [-0.2, 0) is 0 Å². The van der Waals surface area contributed by atoms with E-state index in [4.69, 9.17) is 0 Å². The lowest BCUT2D eigenvalue weighted by Gasteiger charge is -2.30. The van der Waals surface area contributed by atoms with E-state index in [1.165, 1.54) is 0 Å². The first-order chi connectivity index (χ1) is 8.16. The zero-order valence-electron chi connectivity index (χ0n) is 10.7. The van der Waals surface area contributed by atoms with Crippen LogP contribution < -0.4 is 5.32 Å². The Morgan fingerprint density at radius 1 is 1.06 bits per heavy atom. The standard InChI is InChI=1S/C12H16F4N2/c1-6(2)12(3,4)5-17-9-7(13)10(15)18-11(16)8(9)14/h6H,5H2,1-4H3,(H,17,18). The lowest BCUT2D eigenvalue weighted by Crippen LogP contribution is -2.29. The summed E-state index contributed by atoms with van der Waals surface area (Å²) in [5, 5.41) is 2.41. The van der Waals surface area contributed by atoms with Crippen molar-refractivity contribution in [1.29, 1.82) is 0 Å². The Balaban J connectivity index is 2.99. The molecule has 2 nitrogen and oxygen atoms in total. The van der Waals surface area contributed by atoms with Gasteiger partial charge < -0.3 is 5.32 Å². The predicted octanol–water partition coefficient (Wildman–Crippen LogP) is 3.73. The highest BCUT2D eigenvalue weighted by Gasteiger charge is 2.25. The third-order valence-electron chi connectivity index (χ3n) is 3.28. The van der Waals surface area contributed by atoms with Gasteiger partial charge in [-0.05, 0) is 11.3 Å². The molecule has 1 N–H and O–H groups in total. The van der Waals surface area contributed by atoms with Crippen molar-refractivity contribution in [3.63, 3.8) is 0 Å². The van der Waals surface area contributed by atoms with Crippen molar-refractivity contribution in [2.24, 2.45) is 11.3 Å². The number of nitrogens with one attached hydrogen (secondary N) is 1. The monoisotopic (exact) mass is 264 g/mol. The fourth-order valence-corrected chi connectivity index (χ4v) is 1.16. The van der Waals surface area contributed by atoms with Gasteiger partial charge in [-0.1, -0.05) is 27.7 Å². The normalized spacial score (nSPS) is 12.1. The first-order valence-corrected chi connectivity index (χ1v) is 5.60. The Bertz CT molecular complexity index is 418. The molecule has 1 rings (SSSR count). The summed E-state index contributed by atoms with van der Waals surface area (Å²) in [6.07, 6.45) is 0. The number of pyridine rings is 1. The summed E-state index contributed by atoms with van der Waals surface area (Å²) in [5.74, 6) is -6.09. The molecule has 0 spiro atoms. The van der Waals surface area contributed by atoms with Crippen LogP contribution in [0.1, 0.15) is 27.7 Å². The lowest BCUT2D eigenvalue weighted by molar-refractivity contribution is 0.268. The van der Waals surface area contributed by atoms with Crippen molar-refractivity contribution in [3.05, 3.63) is 23.5 Å². The fraction of sp³-hybridized carbons (Fsp3) is 0.583. The van der Waals surface area contributed by atoms with Crippen molar-refractivity contribution in [3.8, 4) is 0 Å². The average Bonchev–Trinajstić information content (AvgIpc) is 2.26. The highest BCUT2D eigenvalue weighted by Crippen LogP contribution is 2.28. The van der Waals surface area contributed by atoms with Crippen LogP contribution in [0.15, 0.2) is 0 Å². The molecule has 0 amide bonds. The third kappa shape index (κ3) is 2.91. The molecule has 0 radical (unpaired) electrons. The molecule has 6 heteroatoms. The lowest BCUT2D eigenvalue weighted by atomic mass is 9.81. The van der Waals surface area contributed by atoms with E-state index in [2.05, 4.69) is 10.3 Å². The van der Waals surface area contributed by atoms with Crippen molar-refractivity contribution < 1.29 is 17.6 Å².